The van der Waals surface area contributed by atoms with Crippen LogP contribution in [0.25, 0.3) is 0 Å². The average molecular weight is 362 g/mol. The molecule has 0 atom stereocenters. The van der Waals surface area contributed by atoms with Crippen molar-refractivity contribution in [2.24, 2.45) is 0 Å². The number of halogens is 3. The number of nitrogens with zero attached hydrogens (tertiary/aromatic N) is 1. The van der Waals surface area contributed by atoms with Crippen molar-refractivity contribution >= 4 is 23.2 Å². The van der Waals surface area contributed by atoms with Gasteiger partial charge in [0.05, 0.1) is 5.56 Å². The molecule has 2 aromatic carbocycles. The van der Waals surface area contributed by atoms with Gasteiger partial charge in [0, 0.05) is 30.4 Å². The van der Waals surface area contributed by atoms with Crippen molar-refractivity contribution in [1.82, 2.24) is 0 Å². The SMILES string of the molecule is CC(=O)N1CCCc2ccc(NC(=O)c3cccc(C(F)(F)F)c3)cc21. The summed E-state index contributed by atoms with van der Waals surface area (Å²) >= 11 is 0. The highest BCUT2D eigenvalue weighted by Crippen LogP contribution is 2.31. The number of benzene rings is 2. The molecule has 0 aromatic heterocycles. The minimum atomic E-state index is -4.51. The largest absolute Gasteiger partial charge is 0.416 e. The number of aryl methyl sites for hydroxylation is 1. The van der Waals surface area contributed by atoms with E-state index in [-0.39, 0.29) is 11.5 Å². The van der Waals surface area contributed by atoms with Crippen molar-refractivity contribution in [2.75, 3.05) is 16.8 Å². The van der Waals surface area contributed by atoms with Gasteiger partial charge in [0.15, 0.2) is 0 Å². The molecule has 2 amide bonds. The first kappa shape index (κ1) is 18.0. The van der Waals surface area contributed by atoms with Crippen LogP contribution in [-0.4, -0.2) is 18.4 Å². The quantitative estimate of drug-likeness (QED) is 0.868. The molecule has 1 aliphatic rings. The van der Waals surface area contributed by atoms with E-state index < -0.39 is 17.6 Å². The fourth-order valence-electron chi connectivity index (χ4n) is 3.02. The number of amides is 2. The lowest BCUT2D eigenvalue weighted by Gasteiger charge is -2.29. The Morgan fingerprint density at radius 1 is 1.12 bits per heavy atom. The van der Waals surface area contributed by atoms with Gasteiger partial charge in [-0.2, -0.15) is 13.2 Å². The molecule has 0 spiro atoms. The van der Waals surface area contributed by atoms with Crippen molar-refractivity contribution in [3.05, 3.63) is 59.2 Å². The van der Waals surface area contributed by atoms with E-state index in [9.17, 15) is 22.8 Å². The van der Waals surface area contributed by atoms with Crippen LogP contribution < -0.4 is 10.2 Å². The van der Waals surface area contributed by atoms with Gasteiger partial charge >= 0.3 is 6.18 Å². The number of hydrogen-bond acceptors (Lipinski definition) is 2. The number of hydrogen-bond donors (Lipinski definition) is 1. The Kier molecular flexibility index (Phi) is 4.71. The molecule has 1 N–H and O–H groups in total. The predicted octanol–water partition coefficient (Wildman–Crippen LogP) is 4.26. The topological polar surface area (TPSA) is 49.4 Å². The average Bonchev–Trinajstić information content (AvgIpc) is 2.60. The van der Waals surface area contributed by atoms with E-state index in [1.165, 1.54) is 19.1 Å². The first-order valence-electron chi connectivity index (χ1n) is 8.15. The van der Waals surface area contributed by atoms with Gasteiger partial charge in [-0.1, -0.05) is 12.1 Å². The molecule has 26 heavy (non-hydrogen) atoms. The third-order valence-corrected chi connectivity index (χ3v) is 4.29. The number of rotatable bonds is 2. The van der Waals surface area contributed by atoms with E-state index in [4.69, 9.17) is 0 Å². The number of carbonyl (C=O) groups is 2. The van der Waals surface area contributed by atoms with E-state index >= 15 is 0 Å². The van der Waals surface area contributed by atoms with Crippen molar-refractivity contribution < 1.29 is 22.8 Å². The minimum absolute atomic E-state index is 0.0824. The molecular weight excluding hydrogens is 345 g/mol. The molecule has 4 nitrogen and oxygen atoms in total. The maximum absolute atomic E-state index is 12.8. The second-order valence-electron chi connectivity index (χ2n) is 6.15. The Bertz CT molecular complexity index is 862. The van der Waals surface area contributed by atoms with Crippen LogP contribution in [0.1, 0.15) is 34.8 Å². The monoisotopic (exact) mass is 362 g/mol. The molecule has 2 aromatic rings. The summed E-state index contributed by atoms with van der Waals surface area (Å²) in [6.07, 6.45) is -2.81. The molecule has 0 saturated carbocycles. The summed E-state index contributed by atoms with van der Waals surface area (Å²) < 4.78 is 38.4. The normalized spacial score (nSPS) is 13.9. The zero-order valence-electron chi connectivity index (χ0n) is 14.1. The van der Waals surface area contributed by atoms with Gasteiger partial charge in [0.1, 0.15) is 0 Å². The molecule has 0 unspecified atom stereocenters. The summed E-state index contributed by atoms with van der Waals surface area (Å²) in [6, 6.07) is 9.45. The Morgan fingerprint density at radius 2 is 1.88 bits per heavy atom. The van der Waals surface area contributed by atoms with Crippen molar-refractivity contribution in [1.29, 1.82) is 0 Å². The smallest absolute Gasteiger partial charge is 0.322 e. The zero-order valence-corrected chi connectivity index (χ0v) is 14.1. The first-order valence-corrected chi connectivity index (χ1v) is 8.15. The summed E-state index contributed by atoms with van der Waals surface area (Å²) in [5, 5.41) is 2.60. The van der Waals surface area contributed by atoms with Gasteiger partial charge in [-0.3, -0.25) is 9.59 Å². The Labute approximate surface area is 148 Å². The maximum Gasteiger partial charge on any atom is 0.416 e. The minimum Gasteiger partial charge on any atom is -0.322 e. The van der Waals surface area contributed by atoms with Gasteiger partial charge in [-0.05, 0) is 48.7 Å². The van der Waals surface area contributed by atoms with Gasteiger partial charge in [0.2, 0.25) is 5.91 Å². The second-order valence-corrected chi connectivity index (χ2v) is 6.15. The molecule has 7 heteroatoms. The number of alkyl halides is 3. The molecule has 0 fully saturated rings. The molecule has 1 heterocycles. The van der Waals surface area contributed by atoms with E-state index in [0.717, 1.165) is 36.2 Å². The summed E-state index contributed by atoms with van der Waals surface area (Å²) in [5.74, 6) is -0.728. The van der Waals surface area contributed by atoms with Gasteiger partial charge in [-0.15, -0.1) is 0 Å². The van der Waals surface area contributed by atoms with Crippen LogP contribution in [0.3, 0.4) is 0 Å². The second kappa shape index (κ2) is 6.82. The van der Waals surface area contributed by atoms with Crippen LogP contribution in [0.2, 0.25) is 0 Å². The predicted molar refractivity (Wildman–Crippen MR) is 92.2 cm³/mol. The summed E-state index contributed by atoms with van der Waals surface area (Å²) in [6.45, 7) is 2.08. The molecule has 136 valence electrons. The van der Waals surface area contributed by atoms with E-state index in [2.05, 4.69) is 5.32 Å². The number of fused-ring (bicyclic) bond motifs is 1. The van der Waals surface area contributed by atoms with E-state index in [0.29, 0.717) is 12.2 Å². The summed E-state index contributed by atoms with van der Waals surface area (Å²) in [7, 11) is 0. The Morgan fingerprint density at radius 3 is 2.58 bits per heavy atom. The van der Waals surface area contributed by atoms with Crippen LogP contribution in [0.5, 0.6) is 0 Å². The molecule has 0 bridgehead atoms. The zero-order chi connectivity index (χ0) is 18.9. The van der Waals surface area contributed by atoms with Gasteiger partial charge in [0.25, 0.3) is 5.91 Å². The molecular formula is C19H17F3N2O2. The van der Waals surface area contributed by atoms with Crippen molar-refractivity contribution in [3.63, 3.8) is 0 Å². The summed E-state index contributed by atoms with van der Waals surface area (Å²) in [5.41, 5.74) is 1.20. The number of carbonyl (C=O) groups excluding carboxylic acids is 2. The first-order chi connectivity index (χ1) is 12.3. The van der Waals surface area contributed by atoms with Crippen LogP contribution in [0.4, 0.5) is 24.5 Å². The van der Waals surface area contributed by atoms with E-state index in [1.54, 1.807) is 17.0 Å². The maximum atomic E-state index is 12.8. The fourth-order valence-corrected chi connectivity index (χ4v) is 3.02. The molecule has 0 saturated heterocycles. The highest BCUT2D eigenvalue weighted by molar-refractivity contribution is 6.05. The third-order valence-electron chi connectivity index (χ3n) is 4.29. The lowest BCUT2D eigenvalue weighted by Crippen LogP contribution is -2.33. The number of nitrogens with one attached hydrogen (secondary N) is 1. The Balaban J connectivity index is 1.85. The Hall–Kier alpha value is -2.83. The van der Waals surface area contributed by atoms with Crippen LogP contribution in [0.15, 0.2) is 42.5 Å². The molecule has 0 aliphatic carbocycles. The molecule has 0 radical (unpaired) electrons. The molecule has 1 aliphatic heterocycles. The lowest BCUT2D eigenvalue weighted by molar-refractivity contribution is -0.137. The highest BCUT2D eigenvalue weighted by Gasteiger charge is 2.31. The van der Waals surface area contributed by atoms with E-state index in [1.807, 2.05) is 6.07 Å². The fraction of sp³-hybridized carbons (Fsp3) is 0.263. The summed E-state index contributed by atoms with van der Waals surface area (Å²) in [4.78, 5) is 25.7. The van der Waals surface area contributed by atoms with Crippen LogP contribution in [-0.2, 0) is 17.4 Å². The third kappa shape index (κ3) is 3.71. The van der Waals surface area contributed by atoms with Crippen molar-refractivity contribution in [2.45, 2.75) is 25.9 Å². The van der Waals surface area contributed by atoms with Crippen molar-refractivity contribution in [3.8, 4) is 0 Å². The number of anilines is 2. The van der Waals surface area contributed by atoms with Crippen LogP contribution in [0, 0.1) is 0 Å². The van der Waals surface area contributed by atoms with Gasteiger partial charge in [-0.25, -0.2) is 0 Å². The van der Waals surface area contributed by atoms with Gasteiger partial charge < -0.3 is 10.2 Å². The van der Waals surface area contributed by atoms with Crippen LogP contribution >= 0.6 is 0 Å². The standard InChI is InChI=1S/C19H17F3N2O2/c1-12(25)24-9-3-5-13-7-8-16(11-17(13)24)23-18(26)14-4-2-6-15(10-14)19(20,21)22/h2,4,6-8,10-11H,3,5,9H2,1H3,(H,23,26). The molecule has 3 rings (SSSR count). The highest BCUT2D eigenvalue weighted by atomic mass is 19.4. The lowest BCUT2D eigenvalue weighted by atomic mass is 10.0.